The average Bonchev–Trinajstić information content (AvgIpc) is 3.13. The van der Waals surface area contributed by atoms with Crippen LogP contribution in [0.15, 0.2) is 104 Å². The summed E-state index contributed by atoms with van der Waals surface area (Å²) in [5.41, 5.74) is 8.32. The molecule has 3 aromatic rings. The van der Waals surface area contributed by atoms with Crippen molar-refractivity contribution in [3.63, 3.8) is 0 Å². The summed E-state index contributed by atoms with van der Waals surface area (Å²) < 4.78 is 10.5. The predicted octanol–water partition coefficient (Wildman–Crippen LogP) is 8.31. The molecule has 1 aliphatic carbocycles. The number of hydrogen-bond acceptors (Lipinski definition) is 6. The molecule has 254 valence electrons. The van der Waals surface area contributed by atoms with E-state index < -0.39 is 25.2 Å². The number of hydrogen-bond donors (Lipinski definition) is 2. The molecule has 3 aromatic carbocycles. The quantitative estimate of drug-likeness (QED) is 0.0623. The van der Waals surface area contributed by atoms with Gasteiger partial charge in [-0.2, -0.15) is 0 Å². The van der Waals surface area contributed by atoms with Gasteiger partial charge in [0.15, 0.2) is 0 Å². The molecule has 0 saturated heterocycles. The lowest BCUT2D eigenvalue weighted by Crippen LogP contribution is -2.13. The maximum Gasteiger partial charge on any atom is 0.335 e. The van der Waals surface area contributed by atoms with Crippen molar-refractivity contribution in [1.82, 2.24) is 0 Å². The second-order valence-electron chi connectivity index (χ2n) is 12.8. The smallest absolute Gasteiger partial charge is 0.335 e. The van der Waals surface area contributed by atoms with Crippen LogP contribution in [0.3, 0.4) is 0 Å². The predicted molar refractivity (Wildman–Crippen MR) is 192 cm³/mol. The number of aliphatic hydroxyl groups excluding tert-OH is 2. The first kappa shape index (κ1) is 36.6. The third-order valence-corrected chi connectivity index (χ3v) is 9.26. The minimum atomic E-state index is -0.581. The summed E-state index contributed by atoms with van der Waals surface area (Å²) in [5.74, 6) is 0.339. The number of allylic oxidation sites excluding steroid dienone is 1. The Balaban J connectivity index is 1.42. The van der Waals surface area contributed by atoms with Crippen molar-refractivity contribution in [3.8, 4) is 22.3 Å². The number of carbonyl (C=O) groups excluding carboxylic acids is 2. The molecule has 2 N–H and O–H groups in total. The van der Waals surface area contributed by atoms with Crippen LogP contribution < -0.4 is 0 Å². The van der Waals surface area contributed by atoms with E-state index in [0.29, 0.717) is 31.6 Å². The van der Waals surface area contributed by atoms with Gasteiger partial charge in [0, 0.05) is 0 Å². The van der Waals surface area contributed by atoms with Crippen molar-refractivity contribution in [2.45, 2.75) is 70.1 Å². The second kappa shape index (κ2) is 18.9. The Morgan fingerprint density at radius 2 is 1.15 bits per heavy atom. The molecule has 1 fully saturated rings. The van der Waals surface area contributed by atoms with Crippen LogP contribution in [0.2, 0.25) is 0 Å². The molecule has 0 unspecified atom stereocenters. The molecule has 0 heterocycles. The highest BCUT2D eigenvalue weighted by Crippen LogP contribution is 2.38. The Morgan fingerprint density at radius 3 is 1.60 bits per heavy atom. The fourth-order valence-corrected chi connectivity index (χ4v) is 6.37. The minimum absolute atomic E-state index is 0.0411. The molecular formula is C42H50O6. The van der Waals surface area contributed by atoms with Gasteiger partial charge in [-0.05, 0) is 115 Å². The van der Waals surface area contributed by atoms with Gasteiger partial charge in [-0.3, -0.25) is 0 Å². The summed E-state index contributed by atoms with van der Waals surface area (Å²) in [6, 6.07) is 24.2. The molecule has 6 nitrogen and oxygen atoms in total. The maximum atomic E-state index is 11.9. The van der Waals surface area contributed by atoms with Gasteiger partial charge < -0.3 is 19.7 Å². The summed E-state index contributed by atoms with van der Waals surface area (Å²) >= 11 is 0. The number of carbonyl (C=O) groups is 2. The molecule has 0 bridgehead atoms. The molecule has 1 saturated carbocycles. The molecule has 0 spiro atoms. The van der Waals surface area contributed by atoms with Gasteiger partial charge in [0.1, 0.15) is 0 Å². The van der Waals surface area contributed by atoms with Crippen LogP contribution in [-0.2, 0) is 31.9 Å². The normalized spacial score (nSPS) is 15.8. The lowest BCUT2D eigenvalue weighted by Gasteiger charge is -2.28. The van der Waals surface area contributed by atoms with Crippen molar-refractivity contribution in [2.75, 3.05) is 26.4 Å². The third-order valence-electron chi connectivity index (χ3n) is 9.26. The first-order valence-corrected chi connectivity index (χ1v) is 17.2. The number of benzene rings is 3. The van der Waals surface area contributed by atoms with E-state index in [4.69, 9.17) is 19.7 Å². The molecule has 0 amide bonds. The fourth-order valence-electron chi connectivity index (χ4n) is 6.37. The summed E-state index contributed by atoms with van der Waals surface area (Å²) in [7, 11) is 0. The zero-order valence-corrected chi connectivity index (χ0v) is 28.1. The number of rotatable bonds is 18. The van der Waals surface area contributed by atoms with Crippen LogP contribution in [0, 0.1) is 5.92 Å². The largest absolute Gasteiger partial charge is 0.462 e. The standard InChI is InChI=1S/C42H50O6/c1-4-5-8-32-11-13-35(14-12-32)36-15-17-37(18-16-36)38-19-21-39(22-20-38)40-26-33(9-6-23-47-41(45)30(2)28-43)25-34(27-40)10-7-24-48-42(46)31(3)29-44/h4,15-22,25-27,32,35,43-44H,1-3,5-14,23-24,28-29H2. The topological polar surface area (TPSA) is 93.1 Å². The highest BCUT2D eigenvalue weighted by Gasteiger charge is 2.22. The molecule has 0 atom stereocenters. The van der Waals surface area contributed by atoms with Crippen LogP contribution in [0.25, 0.3) is 22.3 Å². The lowest BCUT2D eigenvalue weighted by molar-refractivity contribution is -0.140. The summed E-state index contributed by atoms with van der Waals surface area (Å²) in [4.78, 5) is 23.7. The molecule has 6 heteroatoms. The highest BCUT2D eigenvalue weighted by molar-refractivity contribution is 5.88. The Bertz CT molecular complexity index is 1470. The molecule has 0 aliphatic heterocycles. The van der Waals surface area contributed by atoms with E-state index in [0.717, 1.165) is 34.6 Å². The van der Waals surface area contributed by atoms with Crippen molar-refractivity contribution in [1.29, 1.82) is 0 Å². The van der Waals surface area contributed by atoms with Crippen LogP contribution in [0.4, 0.5) is 0 Å². The third kappa shape index (κ3) is 10.9. The monoisotopic (exact) mass is 650 g/mol. The van der Waals surface area contributed by atoms with Gasteiger partial charge in [0.2, 0.25) is 0 Å². The molecular weight excluding hydrogens is 600 g/mol. The molecule has 0 radical (unpaired) electrons. The number of aryl methyl sites for hydroxylation is 2. The van der Waals surface area contributed by atoms with E-state index in [1.54, 1.807) is 0 Å². The SMILES string of the molecule is C=CCCC1CCC(c2ccc(-c3ccc(-c4cc(CCCOC(=O)C(=C)CO)cc(CCCOC(=O)C(=C)CO)c4)cc3)cc2)CC1. The highest BCUT2D eigenvalue weighted by atomic mass is 16.5. The van der Waals surface area contributed by atoms with E-state index in [1.807, 2.05) is 6.08 Å². The molecule has 1 aliphatic rings. The maximum absolute atomic E-state index is 11.9. The molecule has 4 rings (SSSR count). The molecule has 0 aromatic heterocycles. The Morgan fingerprint density at radius 1 is 0.688 bits per heavy atom. The zero-order chi connectivity index (χ0) is 34.3. The van der Waals surface area contributed by atoms with E-state index in [9.17, 15) is 9.59 Å². The second-order valence-corrected chi connectivity index (χ2v) is 12.8. The van der Waals surface area contributed by atoms with Crippen molar-refractivity contribution in [2.24, 2.45) is 5.92 Å². The van der Waals surface area contributed by atoms with Gasteiger partial charge in [-0.1, -0.05) is 86.0 Å². The first-order valence-electron chi connectivity index (χ1n) is 17.2. The fraction of sp³-hybridized carbons (Fsp3) is 0.381. The lowest BCUT2D eigenvalue weighted by atomic mass is 9.77. The van der Waals surface area contributed by atoms with Crippen LogP contribution >= 0.6 is 0 Å². The minimum Gasteiger partial charge on any atom is -0.462 e. The van der Waals surface area contributed by atoms with Crippen LogP contribution in [0.5, 0.6) is 0 Å². The number of ether oxygens (including phenoxy) is 2. The van der Waals surface area contributed by atoms with Crippen LogP contribution in [0.1, 0.15) is 74.0 Å². The van der Waals surface area contributed by atoms with E-state index >= 15 is 0 Å². The van der Waals surface area contributed by atoms with Gasteiger partial charge in [-0.15, -0.1) is 6.58 Å². The van der Waals surface area contributed by atoms with Crippen molar-refractivity contribution >= 4 is 11.9 Å². The number of aliphatic hydroxyl groups is 2. The summed E-state index contributed by atoms with van der Waals surface area (Å²) in [6.45, 7) is 10.5. The zero-order valence-electron chi connectivity index (χ0n) is 28.1. The van der Waals surface area contributed by atoms with Gasteiger partial charge in [-0.25, -0.2) is 9.59 Å². The van der Waals surface area contributed by atoms with Gasteiger partial charge in [0.25, 0.3) is 0 Å². The molecule has 48 heavy (non-hydrogen) atoms. The van der Waals surface area contributed by atoms with Gasteiger partial charge >= 0.3 is 11.9 Å². The average molecular weight is 651 g/mol. The van der Waals surface area contributed by atoms with E-state index in [1.165, 1.54) is 48.8 Å². The van der Waals surface area contributed by atoms with Gasteiger partial charge in [0.05, 0.1) is 37.6 Å². The number of esters is 2. The van der Waals surface area contributed by atoms with E-state index in [2.05, 4.69) is 86.5 Å². The summed E-state index contributed by atoms with van der Waals surface area (Å²) in [6.07, 6.45) is 12.3. The Labute approximate surface area is 285 Å². The van der Waals surface area contributed by atoms with Crippen LogP contribution in [-0.4, -0.2) is 48.6 Å². The van der Waals surface area contributed by atoms with Crippen molar-refractivity contribution < 1.29 is 29.3 Å². The Hall–Kier alpha value is -4.26. The van der Waals surface area contributed by atoms with E-state index in [-0.39, 0.29) is 24.4 Å². The first-order chi connectivity index (χ1) is 23.3. The van der Waals surface area contributed by atoms with Crippen molar-refractivity contribution in [3.05, 3.63) is 120 Å². The summed E-state index contributed by atoms with van der Waals surface area (Å²) in [5, 5.41) is 18.2. The Kier molecular flexibility index (Phi) is 14.4.